The summed E-state index contributed by atoms with van der Waals surface area (Å²) in [6.45, 7) is 1.06. The smallest absolute Gasteiger partial charge is 0.491 e. The average Bonchev–Trinajstić information content (AvgIpc) is 2.95. The molecule has 0 spiro atoms. The summed E-state index contributed by atoms with van der Waals surface area (Å²) in [6.07, 6.45) is -0.0296. The molecule has 5 heteroatoms. The van der Waals surface area contributed by atoms with E-state index in [1.807, 2.05) is 54.6 Å². The number of hydrogen-bond acceptors (Lipinski definition) is 3. The van der Waals surface area contributed by atoms with Crippen molar-refractivity contribution in [1.82, 2.24) is 0 Å². The van der Waals surface area contributed by atoms with Gasteiger partial charge in [0.05, 0.1) is 12.7 Å². The number of rotatable bonds is 4. The first kappa shape index (κ1) is 13.9. The average molecular weight is 380 g/mol. The molecule has 20 heavy (non-hydrogen) atoms. The lowest BCUT2D eigenvalue weighted by atomic mass is 9.79. The zero-order valence-corrected chi connectivity index (χ0v) is 13.0. The maximum atomic E-state index is 5.85. The Bertz CT molecular complexity index is 564. The minimum Gasteiger partial charge on any atom is -0.491 e. The molecular formula is C15H14BIO3. The molecule has 102 valence electrons. The number of halogens is 1. The van der Waals surface area contributed by atoms with Gasteiger partial charge in [-0.15, -0.1) is 0 Å². The summed E-state index contributed by atoms with van der Waals surface area (Å²) in [7, 11) is -0.277. The van der Waals surface area contributed by atoms with E-state index in [-0.39, 0.29) is 13.2 Å². The third-order valence-electron chi connectivity index (χ3n) is 3.05. The van der Waals surface area contributed by atoms with Crippen molar-refractivity contribution in [3.8, 4) is 5.75 Å². The van der Waals surface area contributed by atoms with Crippen LogP contribution in [-0.4, -0.2) is 26.4 Å². The van der Waals surface area contributed by atoms with Gasteiger partial charge < -0.3 is 14.0 Å². The van der Waals surface area contributed by atoms with Crippen LogP contribution in [0.5, 0.6) is 5.75 Å². The Morgan fingerprint density at radius 3 is 2.80 bits per heavy atom. The Morgan fingerprint density at radius 1 is 1.15 bits per heavy atom. The number of ether oxygens (including phenoxy) is 1. The predicted octanol–water partition coefficient (Wildman–Crippen LogP) is 2.48. The van der Waals surface area contributed by atoms with Crippen LogP contribution >= 0.6 is 22.6 Å². The van der Waals surface area contributed by atoms with E-state index in [1.54, 1.807) is 0 Å². The summed E-state index contributed by atoms with van der Waals surface area (Å²) in [4.78, 5) is 0. The SMILES string of the molecule is Ic1cccc(OC[C@H]2COB(c3ccccc3)O2)c1. The second-order valence-corrected chi connectivity index (χ2v) is 5.85. The fourth-order valence-electron chi connectivity index (χ4n) is 2.07. The highest BCUT2D eigenvalue weighted by atomic mass is 127. The summed E-state index contributed by atoms with van der Waals surface area (Å²) in [5, 5.41) is 0. The highest BCUT2D eigenvalue weighted by Crippen LogP contribution is 2.16. The minimum atomic E-state index is -0.277. The molecule has 0 unspecified atom stereocenters. The van der Waals surface area contributed by atoms with Gasteiger partial charge in [-0.05, 0) is 46.3 Å². The molecule has 0 aliphatic carbocycles. The third-order valence-corrected chi connectivity index (χ3v) is 3.72. The summed E-state index contributed by atoms with van der Waals surface area (Å²) in [5.41, 5.74) is 1.05. The standard InChI is InChI=1S/C15H14BIO3/c17-13-7-4-8-14(9-13)18-10-15-11-19-16(20-15)12-5-2-1-3-6-12/h1-9,15H,10-11H2/t15-/m0/s1. The fourth-order valence-corrected chi connectivity index (χ4v) is 2.58. The molecule has 0 amide bonds. The van der Waals surface area contributed by atoms with Crippen LogP contribution in [0, 0.1) is 3.57 Å². The molecule has 0 N–H and O–H groups in total. The Hall–Kier alpha value is -1.05. The van der Waals surface area contributed by atoms with Crippen LogP contribution in [0.2, 0.25) is 0 Å². The molecule has 0 radical (unpaired) electrons. The van der Waals surface area contributed by atoms with Gasteiger partial charge >= 0.3 is 7.12 Å². The monoisotopic (exact) mass is 380 g/mol. The van der Waals surface area contributed by atoms with Crippen LogP contribution < -0.4 is 10.2 Å². The quantitative estimate of drug-likeness (QED) is 0.603. The van der Waals surface area contributed by atoms with Crippen LogP contribution in [0.25, 0.3) is 0 Å². The van der Waals surface area contributed by atoms with Gasteiger partial charge in [-0.25, -0.2) is 0 Å². The number of benzene rings is 2. The second kappa shape index (κ2) is 6.60. The van der Waals surface area contributed by atoms with E-state index in [1.165, 1.54) is 0 Å². The zero-order valence-electron chi connectivity index (χ0n) is 10.9. The molecule has 0 saturated carbocycles. The molecule has 1 aliphatic rings. The van der Waals surface area contributed by atoms with Crippen LogP contribution in [-0.2, 0) is 9.31 Å². The van der Waals surface area contributed by atoms with Gasteiger partial charge in [0, 0.05) is 3.57 Å². The van der Waals surface area contributed by atoms with Gasteiger partial charge in [0.15, 0.2) is 0 Å². The largest absolute Gasteiger partial charge is 0.494 e. The van der Waals surface area contributed by atoms with Crippen LogP contribution in [0.15, 0.2) is 54.6 Å². The molecule has 2 aromatic carbocycles. The first-order valence-electron chi connectivity index (χ1n) is 6.51. The molecule has 3 rings (SSSR count). The molecule has 1 heterocycles. The van der Waals surface area contributed by atoms with Gasteiger partial charge in [-0.1, -0.05) is 36.4 Å². The Labute approximate surface area is 132 Å². The van der Waals surface area contributed by atoms with Crippen molar-refractivity contribution in [2.75, 3.05) is 13.2 Å². The van der Waals surface area contributed by atoms with Gasteiger partial charge in [-0.3, -0.25) is 0 Å². The van der Waals surface area contributed by atoms with Crippen molar-refractivity contribution in [2.45, 2.75) is 6.10 Å². The van der Waals surface area contributed by atoms with E-state index >= 15 is 0 Å². The van der Waals surface area contributed by atoms with Gasteiger partial charge in [-0.2, -0.15) is 0 Å². The Balaban J connectivity index is 1.53. The van der Waals surface area contributed by atoms with E-state index in [9.17, 15) is 0 Å². The lowest BCUT2D eigenvalue weighted by Crippen LogP contribution is -2.33. The van der Waals surface area contributed by atoms with Crippen LogP contribution in [0.3, 0.4) is 0 Å². The maximum absolute atomic E-state index is 5.85. The second-order valence-electron chi connectivity index (χ2n) is 4.60. The van der Waals surface area contributed by atoms with Crippen molar-refractivity contribution < 1.29 is 14.0 Å². The topological polar surface area (TPSA) is 27.7 Å². The molecule has 0 bridgehead atoms. The lowest BCUT2D eigenvalue weighted by Gasteiger charge is -2.12. The minimum absolute atomic E-state index is 0.0296. The fraction of sp³-hybridized carbons (Fsp3) is 0.200. The number of hydrogen-bond donors (Lipinski definition) is 0. The van der Waals surface area contributed by atoms with E-state index in [4.69, 9.17) is 14.0 Å². The van der Waals surface area contributed by atoms with Crippen molar-refractivity contribution in [3.05, 3.63) is 58.2 Å². The van der Waals surface area contributed by atoms with E-state index < -0.39 is 0 Å². The molecule has 2 aromatic rings. The maximum Gasteiger partial charge on any atom is 0.494 e. The molecule has 1 atom stereocenters. The summed E-state index contributed by atoms with van der Waals surface area (Å²) >= 11 is 2.27. The van der Waals surface area contributed by atoms with Gasteiger partial charge in [0.2, 0.25) is 0 Å². The zero-order chi connectivity index (χ0) is 13.8. The predicted molar refractivity (Wildman–Crippen MR) is 87.3 cm³/mol. The third kappa shape index (κ3) is 3.53. The Kier molecular flexibility index (Phi) is 4.60. The molecule has 3 nitrogen and oxygen atoms in total. The summed E-state index contributed by atoms with van der Waals surface area (Å²) in [6, 6.07) is 17.9. The van der Waals surface area contributed by atoms with Crippen LogP contribution in [0.4, 0.5) is 0 Å². The van der Waals surface area contributed by atoms with Gasteiger partial charge in [0.25, 0.3) is 0 Å². The lowest BCUT2D eigenvalue weighted by molar-refractivity contribution is 0.148. The highest BCUT2D eigenvalue weighted by Gasteiger charge is 2.33. The normalized spacial score (nSPS) is 18.2. The van der Waals surface area contributed by atoms with Crippen molar-refractivity contribution in [2.24, 2.45) is 0 Å². The molecule has 0 aromatic heterocycles. The highest BCUT2D eigenvalue weighted by molar-refractivity contribution is 14.1. The molecule has 1 saturated heterocycles. The molecule has 1 aliphatic heterocycles. The molecular weight excluding hydrogens is 366 g/mol. The summed E-state index contributed by atoms with van der Waals surface area (Å²) in [5.74, 6) is 0.865. The first-order chi connectivity index (χ1) is 9.81. The van der Waals surface area contributed by atoms with Crippen molar-refractivity contribution in [1.29, 1.82) is 0 Å². The van der Waals surface area contributed by atoms with E-state index in [0.717, 1.165) is 14.8 Å². The summed E-state index contributed by atoms with van der Waals surface area (Å²) < 4.78 is 18.4. The van der Waals surface area contributed by atoms with Crippen molar-refractivity contribution in [3.63, 3.8) is 0 Å². The molecule has 1 fully saturated rings. The van der Waals surface area contributed by atoms with E-state index in [0.29, 0.717) is 13.2 Å². The van der Waals surface area contributed by atoms with Gasteiger partial charge in [0.1, 0.15) is 12.4 Å². The van der Waals surface area contributed by atoms with Crippen molar-refractivity contribution >= 4 is 35.2 Å². The first-order valence-corrected chi connectivity index (χ1v) is 7.59. The van der Waals surface area contributed by atoms with Crippen LogP contribution in [0.1, 0.15) is 0 Å². The van der Waals surface area contributed by atoms with E-state index in [2.05, 4.69) is 22.6 Å². The Morgan fingerprint density at radius 2 is 2.00 bits per heavy atom.